The van der Waals surface area contributed by atoms with Crippen molar-refractivity contribution in [2.45, 2.75) is 0 Å². The molecule has 0 saturated heterocycles. The molecule has 2 N–H and O–H groups in total. The number of hydrogen-bond donors (Lipinski definition) is 2. The van der Waals surface area contributed by atoms with Gasteiger partial charge in [0.15, 0.2) is 0 Å². The standard InChI is InChI=1S/C14H14BrFN2O4/c1-22-3-2-18(7-13(19)20)14(21)12-6-9-10(16)4-8(15)5-11(9)17-12/h4-6,17H,2-3,7H2,1H3,(H,19,20). The van der Waals surface area contributed by atoms with Crippen LogP contribution in [-0.4, -0.2) is 53.7 Å². The van der Waals surface area contributed by atoms with E-state index in [2.05, 4.69) is 20.9 Å². The van der Waals surface area contributed by atoms with Crippen molar-refractivity contribution in [2.24, 2.45) is 0 Å². The van der Waals surface area contributed by atoms with Crippen molar-refractivity contribution in [3.05, 3.63) is 34.2 Å². The highest BCUT2D eigenvalue weighted by Crippen LogP contribution is 2.24. The highest BCUT2D eigenvalue weighted by atomic mass is 79.9. The predicted molar refractivity (Wildman–Crippen MR) is 81.4 cm³/mol. The minimum Gasteiger partial charge on any atom is -0.480 e. The SMILES string of the molecule is COCCN(CC(=O)O)C(=O)c1cc2c(F)cc(Br)cc2[nH]1. The monoisotopic (exact) mass is 372 g/mol. The van der Waals surface area contributed by atoms with Gasteiger partial charge in [0.1, 0.15) is 18.1 Å². The van der Waals surface area contributed by atoms with Gasteiger partial charge in [-0.3, -0.25) is 9.59 Å². The summed E-state index contributed by atoms with van der Waals surface area (Å²) < 4.78 is 19.3. The summed E-state index contributed by atoms with van der Waals surface area (Å²) in [5.74, 6) is -2.12. The molecule has 118 valence electrons. The number of amides is 1. The average molecular weight is 373 g/mol. The van der Waals surface area contributed by atoms with Crippen LogP contribution in [0.15, 0.2) is 22.7 Å². The number of carbonyl (C=O) groups is 2. The lowest BCUT2D eigenvalue weighted by atomic mass is 10.2. The van der Waals surface area contributed by atoms with Gasteiger partial charge in [0.25, 0.3) is 5.91 Å². The highest BCUT2D eigenvalue weighted by molar-refractivity contribution is 9.10. The van der Waals surface area contributed by atoms with Crippen LogP contribution in [0.3, 0.4) is 0 Å². The Morgan fingerprint density at radius 1 is 1.41 bits per heavy atom. The minimum atomic E-state index is -1.13. The molecule has 0 aliphatic rings. The van der Waals surface area contributed by atoms with Gasteiger partial charge in [0.2, 0.25) is 0 Å². The van der Waals surface area contributed by atoms with Gasteiger partial charge in [-0.25, -0.2) is 4.39 Å². The zero-order chi connectivity index (χ0) is 16.3. The number of hydrogen-bond acceptors (Lipinski definition) is 3. The summed E-state index contributed by atoms with van der Waals surface area (Å²) in [6, 6.07) is 4.32. The molecule has 2 aromatic rings. The normalized spacial score (nSPS) is 10.9. The Morgan fingerprint density at radius 2 is 2.14 bits per heavy atom. The fourth-order valence-electron chi connectivity index (χ4n) is 2.06. The Balaban J connectivity index is 2.33. The lowest BCUT2D eigenvalue weighted by molar-refractivity contribution is -0.137. The van der Waals surface area contributed by atoms with E-state index >= 15 is 0 Å². The van der Waals surface area contributed by atoms with Gasteiger partial charge in [-0.15, -0.1) is 0 Å². The van der Waals surface area contributed by atoms with Crippen molar-refractivity contribution in [2.75, 3.05) is 26.8 Å². The smallest absolute Gasteiger partial charge is 0.323 e. The van der Waals surface area contributed by atoms with Crippen LogP contribution in [0.2, 0.25) is 0 Å². The lowest BCUT2D eigenvalue weighted by Crippen LogP contribution is -2.38. The van der Waals surface area contributed by atoms with Gasteiger partial charge in [0, 0.05) is 23.5 Å². The van der Waals surface area contributed by atoms with E-state index in [-0.39, 0.29) is 24.2 Å². The van der Waals surface area contributed by atoms with Gasteiger partial charge >= 0.3 is 5.97 Å². The second-order valence-corrected chi connectivity index (χ2v) is 5.56. The Bertz CT molecular complexity index is 716. The Hall–Kier alpha value is -1.93. The third-order valence-electron chi connectivity index (χ3n) is 3.06. The first-order chi connectivity index (χ1) is 10.4. The number of H-pyrrole nitrogens is 1. The first-order valence-corrected chi connectivity index (χ1v) is 7.19. The number of carbonyl (C=O) groups excluding carboxylic acids is 1. The van der Waals surface area contributed by atoms with Gasteiger partial charge in [0.05, 0.1) is 12.1 Å². The summed E-state index contributed by atoms with van der Waals surface area (Å²) in [5, 5.41) is 9.16. The topological polar surface area (TPSA) is 82.6 Å². The summed E-state index contributed by atoms with van der Waals surface area (Å²) in [5.41, 5.74) is 0.585. The zero-order valence-corrected chi connectivity index (χ0v) is 13.3. The van der Waals surface area contributed by atoms with Crippen LogP contribution in [0.4, 0.5) is 4.39 Å². The summed E-state index contributed by atoms with van der Waals surface area (Å²) in [6.45, 7) is -0.119. The van der Waals surface area contributed by atoms with Crippen LogP contribution in [0, 0.1) is 5.82 Å². The number of aromatic nitrogens is 1. The first-order valence-electron chi connectivity index (χ1n) is 6.40. The number of rotatable bonds is 6. The third-order valence-corrected chi connectivity index (χ3v) is 3.52. The molecule has 0 saturated carbocycles. The molecule has 22 heavy (non-hydrogen) atoms. The summed E-state index contributed by atoms with van der Waals surface area (Å²) in [4.78, 5) is 27.2. The quantitative estimate of drug-likeness (QED) is 0.814. The van der Waals surface area contributed by atoms with Gasteiger partial charge in [-0.2, -0.15) is 0 Å². The van der Waals surface area contributed by atoms with Crippen molar-refractivity contribution in [3.63, 3.8) is 0 Å². The molecule has 1 heterocycles. The predicted octanol–water partition coefficient (Wildman–Crippen LogP) is 2.24. The number of aliphatic carboxylic acids is 1. The van der Waals surface area contributed by atoms with Gasteiger partial charge in [-0.05, 0) is 18.2 Å². The number of nitrogens with one attached hydrogen (secondary N) is 1. The van der Waals surface area contributed by atoms with Crippen molar-refractivity contribution in [1.82, 2.24) is 9.88 Å². The van der Waals surface area contributed by atoms with Crippen molar-refractivity contribution in [3.8, 4) is 0 Å². The lowest BCUT2D eigenvalue weighted by Gasteiger charge is -2.19. The van der Waals surface area contributed by atoms with E-state index in [1.54, 1.807) is 6.07 Å². The number of carboxylic acid groups (broad SMARTS) is 1. The van der Waals surface area contributed by atoms with Crippen molar-refractivity contribution >= 4 is 38.7 Å². The summed E-state index contributed by atoms with van der Waals surface area (Å²) in [6.07, 6.45) is 0. The Labute approximate surface area is 134 Å². The molecule has 1 amide bonds. The fraction of sp³-hybridized carbons (Fsp3) is 0.286. The molecular formula is C14H14BrFN2O4. The highest BCUT2D eigenvalue weighted by Gasteiger charge is 2.21. The van der Waals surface area contributed by atoms with E-state index in [9.17, 15) is 14.0 Å². The van der Waals surface area contributed by atoms with Crippen LogP contribution in [0.5, 0.6) is 0 Å². The molecule has 8 heteroatoms. The summed E-state index contributed by atoms with van der Waals surface area (Å²) >= 11 is 3.18. The molecule has 0 atom stereocenters. The van der Waals surface area contributed by atoms with E-state index in [0.29, 0.717) is 9.99 Å². The van der Waals surface area contributed by atoms with Crippen LogP contribution in [-0.2, 0) is 9.53 Å². The van der Waals surface area contributed by atoms with Crippen LogP contribution in [0.1, 0.15) is 10.5 Å². The Kier molecular flexibility index (Phi) is 5.15. The second kappa shape index (κ2) is 6.89. The molecule has 0 radical (unpaired) electrons. The largest absolute Gasteiger partial charge is 0.480 e. The molecule has 0 aliphatic heterocycles. The summed E-state index contributed by atoms with van der Waals surface area (Å²) in [7, 11) is 1.46. The molecule has 0 spiro atoms. The van der Waals surface area contributed by atoms with E-state index in [1.165, 1.54) is 19.2 Å². The molecule has 0 bridgehead atoms. The van der Waals surface area contributed by atoms with Crippen LogP contribution < -0.4 is 0 Å². The van der Waals surface area contributed by atoms with Gasteiger partial charge < -0.3 is 19.7 Å². The number of nitrogens with zero attached hydrogens (tertiary/aromatic N) is 1. The Morgan fingerprint density at radius 3 is 2.77 bits per heavy atom. The van der Waals surface area contributed by atoms with Crippen LogP contribution in [0.25, 0.3) is 10.9 Å². The van der Waals surface area contributed by atoms with Crippen molar-refractivity contribution < 1.29 is 23.8 Å². The number of halogens is 2. The molecule has 0 fully saturated rings. The van der Waals surface area contributed by atoms with E-state index in [4.69, 9.17) is 9.84 Å². The molecular weight excluding hydrogens is 359 g/mol. The van der Waals surface area contributed by atoms with E-state index in [0.717, 1.165) is 4.90 Å². The van der Waals surface area contributed by atoms with Gasteiger partial charge in [-0.1, -0.05) is 15.9 Å². The maximum absolute atomic E-state index is 13.8. The average Bonchev–Trinajstić information content (AvgIpc) is 2.86. The minimum absolute atomic E-state index is 0.128. The number of benzene rings is 1. The number of aromatic amines is 1. The molecule has 1 aromatic carbocycles. The van der Waals surface area contributed by atoms with Crippen LogP contribution >= 0.6 is 15.9 Å². The number of carboxylic acids is 1. The third kappa shape index (κ3) is 3.63. The first kappa shape index (κ1) is 16.4. The molecule has 6 nitrogen and oxygen atoms in total. The zero-order valence-electron chi connectivity index (χ0n) is 11.7. The maximum Gasteiger partial charge on any atom is 0.323 e. The molecule has 0 unspecified atom stereocenters. The second-order valence-electron chi connectivity index (χ2n) is 4.65. The maximum atomic E-state index is 13.8. The molecule has 0 aliphatic carbocycles. The van der Waals surface area contributed by atoms with Crippen molar-refractivity contribution in [1.29, 1.82) is 0 Å². The number of ether oxygens (including phenoxy) is 1. The number of fused-ring (bicyclic) bond motifs is 1. The fourth-order valence-corrected chi connectivity index (χ4v) is 2.49. The molecule has 2 rings (SSSR count). The van der Waals surface area contributed by atoms with E-state index in [1.807, 2.05) is 0 Å². The van der Waals surface area contributed by atoms with E-state index < -0.39 is 24.2 Å². The molecule has 1 aromatic heterocycles. The number of methoxy groups -OCH3 is 1.